The monoisotopic (exact) mass is 290 g/mol. The molecule has 20 heavy (non-hydrogen) atoms. The lowest BCUT2D eigenvalue weighted by Crippen LogP contribution is -2.07. The van der Waals surface area contributed by atoms with Gasteiger partial charge in [0.25, 0.3) is 0 Å². The molecule has 0 saturated heterocycles. The Morgan fingerprint density at radius 3 is 2.60 bits per heavy atom. The first-order chi connectivity index (χ1) is 9.65. The number of esters is 1. The van der Waals surface area contributed by atoms with E-state index in [1.54, 1.807) is 6.92 Å². The van der Waals surface area contributed by atoms with Crippen molar-refractivity contribution in [2.24, 2.45) is 0 Å². The summed E-state index contributed by atoms with van der Waals surface area (Å²) >= 11 is 1.27. The molecule has 106 valence electrons. The topological polar surface area (TPSA) is 51.2 Å². The minimum absolute atomic E-state index is 0.327. The number of aromatic nitrogens is 1. The molecule has 0 aliphatic carbocycles. The number of nitrogens with one attached hydrogen (secondary N) is 1. The Morgan fingerprint density at radius 2 is 2.00 bits per heavy atom. The number of aryl methyl sites for hydroxylation is 2. The first-order valence-electron chi connectivity index (χ1n) is 6.65. The molecule has 0 bridgehead atoms. The van der Waals surface area contributed by atoms with Crippen molar-refractivity contribution in [1.82, 2.24) is 4.37 Å². The van der Waals surface area contributed by atoms with Crippen LogP contribution in [-0.2, 0) is 11.2 Å². The third-order valence-corrected chi connectivity index (χ3v) is 3.82. The lowest BCUT2D eigenvalue weighted by Gasteiger charge is -2.07. The second-order valence-corrected chi connectivity index (χ2v) is 5.14. The number of hydrogen-bond acceptors (Lipinski definition) is 5. The van der Waals surface area contributed by atoms with Gasteiger partial charge >= 0.3 is 5.97 Å². The van der Waals surface area contributed by atoms with Crippen LogP contribution in [0.5, 0.6) is 0 Å². The maximum atomic E-state index is 11.9. The van der Waals surface area contributed by atoms with E-state index in [1.165, 1.54) is 17.1 Å². The Bertz CT molecular complexity index is 590. The lowest BCUT2D eigenvalue weighted by atomic mass is 10.1. The third-order valence-electron chi connectivity index (χ3n) is 2.96. The fourth-order valence-corrected chi connectivity index (χ4v) is 2.66. The van der Waals surface area contributed by atoms with Gasteiger partial charge in [0.2, 0.25) is 0 Å². The molecule has 0 unspecified atom stereocenters. The largest absolute Gasteiger partial charge is 0.462 e. The van der Waals surface area contributed by atoms with Crippen LogP contribution in [-0.4, -0.2) is 16.9 Å². The molecule has 0 fully saturated rings. The zero-order valence-electron chi connectivity index (χ0n) is 11.9. The molecule has 0 saturated carbocycles. The van der Waals surface area contributed by atoms with Crippen LogP contribution in [0.4, 0.5) is 10.7 Å². The van der Waals surface area contributed by atoms with Crippen LogP contribution in [0.1, 0.15) is 35.5 Å². The Morgan fingerprint density at radius 1 is 1.30 bits per heavy atom. The summed E-state index contributed by atoms with van der Waals surface area (Å²) in [6.07, 6.45) is 1.01. The quantitative estimate of drug-likeness (QED) is 0.848. The number of carbonyl (C=O) groups excluding carboxylic acids is 1. The zero-order valence-corrected chi connectivity index (χ0v) is 12.7. The van der Waals surface area contributed by atoms with Crippen LogP contribution in [0.25, 0.3) is 0 Å². The molecule has 1 aromatic carbocycles. The van der Waals surface area contributed by atoms with Gasteiger partial charge in [-0.15, -0.1) is 0 Å². The van der Waals surface area contributed by atoms with Crippen LogP contribution >= 0.6 is 11.5 Å². The number of nitrogens with zero attached hydrogens (tertiary/aromatic N) is 1. The summed E-state index contributed by atoms with van der Waals surface area (Å²) in [7, 11) is 0. The highest BCUT2D eigenvalue weighted by Crippen LogP contribution is 2.28. The summed E-state index contributed by atoms with van der Waals surface area (Å²) in [5.41, 5.74) is 3.44. The van der Waals surface area contributed by atoms with Crippen LogP contribution in [0.2, 0.25) is 0 Å². The predicted octanol–water partition coefficient (Wildman–Crippen LogP) is 3.93. The van der Waals surface area contributed by atoms with Gasteiger partial charge in [-0.2, -0.15) is 4.37 Å². The van der Waals surface area contributed by atoms with E-state index < -0.39 is 0 Å². The molecule has 2 rings (SSSR count). The highest BCUT2D eigenvalue weighted by atomic mass is 32.1. The van der Waals surface area contributed by atoms with Gasteiger partial charge in [0.1, 0.15) is 10.6 Å². The molecule has 0 atom stereocenters. The van der Waals surface area contributed by atoms with Crippen molar-refractivity contribution < 1.29 is 9.53 Å². The molecule has 2 aromatic rings. The van der Waals surface area contributed by atoms with Crippen LogP contribution in [0.15, 0.2) is 24.3 Å². The number of benzene rings is 1. The second-order valence-electron chi connectivity index (χ2n) is 4.37. The second kappa shape index (κ2) is 6.52. The standard InChI is InChI=1S/C15H18N2O2S/c1-4-11-6-8-12(9-7-11)16-14-13(10(3)17-20-14)15(18)19-5-2/h6-9,16H,4-5H2,1-3H3. The average Bonchev–Trinajstić information content (AvgIpc) is 2.81. The van der Waals surface area contributed by atoms with Crippen molar-refractivity contribution in [2.75, 3.05) is 11.9 Å². The SMILES string of the molecule is CCOC(=O)c1c(C)nsc1Nc1ccc(CC)cc1. The van der Waals surface area contributed by atoms with Crippen molar-refractivity contribution in [3.8, 4) is 0 Å². The molecule has 0 amide bonds. The first-order valence-corrected chi connectivity index (χ1v) is 7.42. The molecule has 1 aromatic heterocycles. The Hall–Kier alpha value is -1.88. The maximum Gasteiger partial charge on any atom is 0.343 e. The number of carbonyl (C=O) groups is 1. The molecular formula is C15H18N2O2S. The number of anilines is 2. The Kier molecular flexibility index (Phi) is 4.74. The first kappa shape index (κ1) is 14.5. The van der Waals surface area contributed by atoms with Gasteiger partial charge in [-0.1, -0.05) is 19.1 Å². The van der Waals surface area contributed by atoms with E-state index in [1.807, 2.05) is 19.1 Å². The van der Waals surface area contributed by atoms with Crippen molar-refractivity contribution in [2.45, 2.75) is 27.2 Å². The maximum absolute atomic E-state index is 11.9. The molecule has 4 nitrogen and oxygen atoms in total. The van der Waals surface area contributed by atoms with Gasteiger partial charge in [-0.05, 0) is 49.5 Å². The van der Waals surface area contributed by atoms with Crippen LogP contribution < -0.4 is 5.32 Å². The Balaban J connectivity index is 2.22. The molecule has 5 heteroatoms. The van der Waals surface area contributed by atoms with E-state index >= 15 is 0 Å². The Labute approximate surface area is 123 Å². The van der Waals surface area contributed by atoms with E-state index in [0.29, 0.717) is 17.9 Å². The van der Waals surface area contributed by atoms with Gasteiger partial charge in [0, 0.05) is 5.69 Å². The molecule has 0 spiro atoms. The highest BCUT2D eigenvalue weighted by Gasteiger charge is 2.19. The van der Waals surface area contributed by atoms with Crippen molar-refractivity contribution >= 4 is 28.2 Å². The van der Waals surface area contributed by atoms with Crippen molar-refractivity contribution in [3.63, 3.8) is 0 Å². The summed E-state index contributed by atoms with van der Waals surface area (Å²) in [4.78, 5) is 11.9. The van der Waals surface area contributed by atoms with Crippen molar-refractivity contribution in [1.29, 1.82) is 0 Å². The third kappa shape index (κ3) is 3.17. The van der Waals surface area contributed by atoms with Gasteiger partial charge in [0.15, 0.2) is 0 Å². The minimum atomic E-state index is -0.327. The minimum Gasteiger partial charge on any atom is -0.462 e. The zero-order chi connectivity index (χ0) is 14.5. The summed E-state index contributed by atoms with van der Waals surface area (Å²) in [5.74, 6) is -0.327. The van der Waals surface area contributed by atoms with Gasteiger partial charge in [-0.25, -0.2) is 4.79 Å². The molecule has 0 aliphatic heterocycles. The number of rotatable bonds is 5. The molecular weight excluding hydrogens is 272 g/mol. The van der Waals surface area contributed by atoms with Crippen LogP contribution in [0.3, 0.4) is 0 Å². The summed E-state index contributed by atoms with van der Waals surface area (Å²) in [6.45, 7) is 6.09. The summed E-state index contributed by atoms with van der Waals surface area (Å²) in [6, 6.07) is 8.15. The van der Waals surface area contributed by atoms with E-state index in [0.717, 1.165) is 17.1 Å². The van der Waals surface area contributed by atoms with E-state index in [2.05, 4.69) is 28.7 Å². The van der Waals surface area contributed by atoms with E-state index in [-0.39, 0.29) is 5.97 Å². The van der Waals surface area contributed by atoms with E-state index in [9.17, 15) is 4.79 Å². The predicted molar refractivity (Wildman–Crippen MR) is 81.9 cm³/mol. The molecule has 1 N–H and O–H groups in total. The summed E-state index contributed by atoms with van der Waals surface area (Å²) in [5, 5.41) is 3.97. The molecule has 0 radical (unpaired) electrons. The lowest BCUT2D eigenvalue weighted by molar-refractivity contribution is 0.0527. The smallest absolute Gasteiger partial charge is 0.343 e. The van der Waals surface area contributed by atoms with E-state index in [4.69, 9.17) is 4.74 Å². The normalized spacial score (nSPS) is 10.3. The average molecular weight is 290 g/mol. The highest BCUT2D eigenvalue weighted by molar-refractivity contribution is 7.10. The van der Waals surface area contributed by atoms with Crippen LogP contribution in [0, 0.1) is 6.92 Å². The van der Waals surface area contributed by atoms with Gasteiger partial charge in [0.05, 0.1) is 12.3 Å². The van der Waals surface area contributed by atoms with Gasteiger partial charge in [-0.3, -0.25) is 0 Å². The fourth-order valence-electron chi connectivity index (χ4n) is 1.85. The molecule has 1 heterocycles. The fraction of sp³-hybridized carbons (Fsp3) is 0.333. The number of ether oxygens (including phenoxy) is 1. The van der Waals surface area contributed by atoms with Crippen molar-refractivity contribution in [3.05, 3.63) is 41.1 Å². The summed E-state index contributed by atoms with van der Waals surface area (Å²) < 4.78 is 9.30. The molecule has 0 aliphatic rings. The number of hydrogen-bond donors (Lipinski definition) is 1. The van der Waals surface area contributed by atoms with Gasteiger partial charge < -0.3 is 10.1 Å².